The van der Waals surface area contributed by atoms with E-state index in [0.29, 0.717) is 6.54 Å². The Bertz CT molecular complexity index is 336. The number of hydrogen-bond acceptors (Lipinski definition) is 3. The minimum Gasteiger partial charge on any atom is -0.453 e. The van der Waals surface area contributed by atoms with Gasteiger partial charge in [0.25, 0.3) is 0 Å². The molecule has 1 aromatic heterocycles. The summed E-state index contributed by atoms with van der Waals surface area (Å²) in [5, 5.41) is 0. The molecule has 90 valence electrons. The van der Waals surface area contributed by atoms with Crippen molar-refractivity contribution in [2.24, 2.45) is 11.7 Å². The molecule has 2 N–H and O–H groups in total. The molecule has 0 amide bonds. The van der Waals surface area contributed by atoms with Gasteiger partial charge in [-0.3, -0.25) is 4.90 Å². The van der Waals surface area contributed by atoms with Crippen LogP contribution in [0, 0.1) is 5.92 Å². The zero-order chi connectivity index (χ0) is 11.5. The van der Waals surface area contributed by atoms with Gasteiger partial charge >= 0.3 is 0 Å². The fourth-order valence-electron chi connectivity index (χ4n) is 2.06. The third kappa shape index (κ3) is 2.87. The van der Waals surface area contributed by atoms with E-state index >= 15 is 0 Å². The number of nitrogens with two attached hydrogens (primary N) is 1. The quantitative estimate of drug-likeness (QED) is 0.874. The predicted molar refractivity (Wildman–Crippen MR) is 68.2 cm³/mol. The molecule has 1 aliphatic carbocycles. The third-order valence-electron chi connectivity index (χ3n) is 3.18. The fourth-order valence-corrected chi connectivity index (χ4v) is 2.38. The highest BCUT2D eigenvalue weighted by Crippen LogP contribution is 2.33. The van der Waals surface area contributed by atoms with E-state index in [0.717, 1.165) is 29.4 Å². The van der Waals surface area contributed by atoms with Gasteiger partial charge in [-0.15, -0.1) is 0 Å². The van der Waals surface area contributed by atoms with Crippen molar-refractivity contribution in [1.29, 1.82) is 0 Å². The molecule has 1 fully saturated rings. The molecule has 0 aromatic carbocycles. The molecule has 1 heterocycles. The number of likely N-dealkylation sites (N-methyl/N-ethyl adjacent to an activating group) is 1. The molecule has 2 rings (SSSR count). The molecule has 0 bridgehead atoms. The van der Waals surface area contributed by atoms with Crippen LogP contribution in [0.2, 0.25) is 0 Å². The average molecular weight is 287 g/mol. The molecular formula is C12H19BrN2O. The summed E-state index contributed by atoms with van der Waals surface area (Å²) in [5.74, 6) is 1.85. The van der Waals surface area contributed by atoms with Crippen LogP contribution in [0.3, 0.4) is 0 Å². The maximum atomic E-state index is 5.87. The van der Waals surface area contributed by atoms with E-state index < -0.39 is 0 Å². The zero-order valence-corrected chi connectivity index (χ0v) is 11.2. The maximum Gasteiger partial charge on any atom is 0.169 e. The summed E-state index contributed by atoms with van der Waals surface area (Å²) in [6, 6.07) is 4.16. The summed E-state index contributed by atoms with van der Waals surface area (Å²) in [7, 11) is 0. The van der Waals surface area contributed by atoms with Crippen molar-refractivity contribution in [2.75, 3.05) is 19.6 Å². The second kappa shape index (κ2) is 5.34. The second-order valence-electron chi connectivity index (χ2n) is 4.42. The van der Waals surface area contributed by atoms with Gasteiger partial charge in [0.05, 0.1) is 6.04 Å². The van der Waals surface area contributed by atoms with E-state index in [1.165, 1.54) is 12.8 Å². The highest BCUT2D eigenvalue weighted by molar-refractivity contribution is 9.10. The van der Waals surface area contributed by atoms with Crippen molar-refractivity contribution in [1.82, 2.24) is 4.90 Å². The molecule has 0 aliphatic heterocycles. The molecule has 1 saturated carbocycles. The number of halogens is 1. The van der Waals surface area contributed by atoms with Crippen molar-refractivity contribution in [3.05, 3.63) is 22.6 Å². The van der Waals surface area contributed by atoms with Gasteiger partial charge in [-0.25, -0.2) is 0 Å². The Kier molecular flexibility index (Phi) is 4.05. The first kappa shape index (κ1) is 12.1. The Morgan fingerprint density at radius 1 is 1.56 bits per heavy atom. The SMILES string of the molecule is CCN(CC1CC1)C(CN)c1ccc(Br)o1. The van der Waals surface area contributed by atoms with Gasteiger partial charge in [-0.05, 0) is 53.4 Å². The summed E-state index contributed by atoms with van der Waals surface area (Å²) < 4.78 is 6.40. The first-order chi connectivity index (χ1) is 7.74. The predicted octanol–water partition coefficient (Wildman–Crippen LogP) is 2.77. The Hall–Kier alpha value is -0.320. The molecule has 0 radical (unpaired) electrons. The minimum atomic E-state index is 0.219. The highest BCUT2D eigenvalue weighted by atomic mass is 79.9. The lowest BCUT2D eigenvalue weighted by molar-refractivity contribution is 0.179. The normalized spacial score (nSPS) is 18.0. The number of hydrogen-bond donors (Lipinski definition) is 1. The van der Waals surface area contributed by atoms with Crippen LogP contribution in [0.4, 0.5) is 0 Å². The lowest BCUT2D eigenvalue weighted by Gasteiger charge is -2.28. The topological polar surface area (TPSA) is 42.4 Å². The van der Waals surface area contributed by atoms with Gasteiger partial charge < -0.3 is 10.2 Å². The van der Waals surface area contributed by atoms with Crippen LogP contribution in [0.25, 0.3) is 0 Å². The van der Waals surface area contributed by atoms with Crippen LogP contribution < -0.4 is 5.73 Å². The van der Waals surface area contributed by atoms with Crippen molar-refractivity contribution in [3.8, 4) is 0 Å². The Morgan fingerprint density at radius 2 is 2.31 bits per heavy atom. The maximum absolute atomic E-state index is 5.87. The molecule has 3 nitrogen and oxygen atoms in total. The van der Waals surface area contributed by atoms with Crippen LogP contribution in [0.15, 0.2) is 21.2 Å². The third-order valence-corrected chi connectivity index (χ3v) is 3.61. The van der Waals surface area contributed by atoms with Gasteiger partial charge in [0.2, 0.25) is 0 Å². The fraction of sp³-hybridized carbons (Fsp3) is 0.667. The van der Waals surface area contributed by atoms with Crippen LogP contribution in [0.5, 0.6) is 0 Å². The number of furan rings is 1. The number of rotatable bonds is 6. The van der Waals surface area contributed by atoms with E-state index in [1.54, 1.807) is 0 Å². The second-order valence-corrected chi connectivity index (χ2v) is 5.21. The molecule has 1 unspecified atom stereocenters. The van der Waals surface area contributed by atoms with Gasteiger partial charge in [-0.2, -0.15) is 0 Å². The Balaban J connectivity index is 2.06. The van der Waals surface area contributed by atoms with Gasteiger partial charge in [0.15, 0.2) is 4.67 Å². The lowest BCUT2D eigenvalue weighted by atomic mass is 10.1. The van der Waals surface area contributed by atoms with E-state index in [-0.39, 0.29) is 6.04 Å². The number of nitrogens with zero attached hydrogens (tertiary/aromatic N) is 1. The standard InChI is InChI=1S/C12H19BrN2O/c1-2-15(8-9-3-4-9)10(7-14)11-5-6-12(13)16-11/h5-6,9-10H,2-4,7-8,14H2,1H3. The molecule has 1 aliphatic rings. The molecule has 0 spiro atoms. The van der Waals surface area contributed by atoms with Crippen LogP contribution in [-0.2, 0) is 0 Å². The van der Waals surface area contributed by atoms with Crippen molar-refractivity contribution < 1.29 is 4.42 Å². The molecule has 4 heteroatoms. The summed E-state index contributed by atoms with van der Waals surface area (Å²) in [6.45, 7) is 4.97. The monoisotopic (exact) mass is 286 g/mol. The Morgan fingerprint density at radius 3 is 2.75 bits per heavy atom. The zero-order valence-electron chi connectivity index (χ0n) is 9.66. The van der Waals surface area contributed by atoms with E-state index in [2.05, 4.69) is 27.8 Å². The summed E-state index contributed by atoms with van der Waals surface area (Å²) in [6.07, 6.45) is 2.74. The van der Waals surface area contributed by atoms with Crippen LogP contribution in [-0.4, -0.2) is 24.5 Å². The summed E-state index contributed by atoms with van der Waals surface area (Å²) in [4.78, 5) is 2.42. The van der Waals surface area contributed by atoms with Crippen molar-refractivity contribution >= 4 is 15.9 Å². The van der Waals surface area contributed by atoms with Crippen molar-refractivity contribution in [3.63, 3.8) is 0 Å². The molecular weight excluding hydrogens is 268 g/mol. The first-order valence-corrected chi connectivity index (χ1v) is 6.73. The molecule has 1 aromatic rings. The molecule has 16 heavy (non-hydrogen) atoms. The average Bonchev–Trinajstić information content (AvgIpc) is 3.00. The van der Waals surface area contributed by atoms with Crippen LogP contribution >= 0.6 is 15.9 Å². The van der Waals surface area contributed by atoms with Crippen LogP contribution in [0.1, 0.15) is 31.6 Å². The minimum absolute atomic E-state index is 0.219. The first-order valence-electron chi connectivity index (χ1n) is 5.94. The van der Waals surface area contributed by atoms with E-state index in [1.807, 2.05) is 12.1 Å². The Labute approximate surface area is 105 Å². The molecule has 0 saturated heterocycles. The van der Waals surface area contributed by atoms with E-state index in [9.17, 15) is 0 Å². The summed E-state index contributed by atoms with van der Waals surface area (Å²) >= 11 is 3.34. The summed E-state index contributed by atoms with van der Waals surface area (Å²) in [5.41, 5.74) is 5.87. The highest BCUT2D eigenvalue weighted by Gasteiger charge is 2.28. The van der Waals surface area contributed by atoms with Gasteiger partial charge in [-0.1, -0.05) is 6.92 Å². The van der Waals surface area contributed by atoms with Gasteiger partial charge in [0, 0.05) is 13.1 Å². The van der Waals surface area contributed by atoms with Gasteiger partial charge in [0.1, 0.15) is 5.76 Å². The molecule has 1 atom stereocenters. The smallest absolute Gasteiger partial charge is 0.169 e. The lowest BCUT2D eigenvalue weighted by Crippen LogP contribution is -2.35. The largest absolute Gasteiger partial charge is 0.453 e. The van der Waals surface area contributed by atoms with Crippen molar-refractivity contribution in [2.45, 2.75) is 25.8 Å². The van der Waals surface area contributed by atoms with E-state index in [4.69, 9.17) is 10.2 Å².